The van der Waals surface area contributed by atoms with Crippen LogP contribution in [0.3, 0.4) is 0 Å². The highest BCUT2D eigenvalue weighted by atomic mass is 32.2. The van der Waals surface area contributed by atoms with E-state index < -0.39 is 27.6 Å². The summed E-state index contributed by atoms with van der Waals surface area (Å²) in [5, 5.41) is 2.40. The van der Waals surface area contributed by atoms with E-state index in [4.69, 9.17) is 0 Å². The smallest absolute Gasteiger partial charge is 0.255 e. The molecular weight excluding hydrogens is 362 g/mol. The lowest BCUT2D eigenvalue weighted by Gasteiger charge is -2.17. The van der Waals surface area contributed by atoms with Gasteiger partial charge >= 0.3 is 0 Å². The first-order valence-corrected chi connectivity index (χ1v) is 9.47. The van der Waals surface area contributed by atoms with Crippen LogP contribution in [0.25, 0.3) is 0 Å². The average molecular weight is 382 g/mol. The second-order valence-corrected chi connectivity index (χ2v) is 7.98. The monoisotopic (exact) mass is 382 g/mol. The summed E-state index contributed by atoms with van der Waals surface area (Å²) in [6.45, 7) is 5.53. The number of hydrogen-bond acceptors (Lipinski definition) is 3. The summed E-state index contributed by atoms with van der Waals surface area (Å²) in [5.41, 5.74) is 0.142. The maximum Gasteiger partial charge on any atom is 0.255 e. The van der Waals surface area contributed by atoms with Crippen molar-refractivity contribution < 1.29 is 22.0 Å². The Morgan fingerprint density at radius 3 is 2.31 bits per heavy atom. The first kappa shape index (κ1) is 20.0. The molecule has 0 spiro atoms. The van der Waals surface area contributed by atoms with Crippen LogP contribution in [-0.4, -0.2) is 20.4 Å². The van der Waals surface area contributed by atoms with E-state index in [1.54, 1.807) is 6.92 Å². The van der Waals surface area contributed by atoms with Crippen LogP contribution in [0.5, 0.6) is 0 Å². The van der Waals surface area contributed by atoms with Crippen molar-refractivity contribution in [3.63, 3.8) is 0 Å². The fraction of sp³-hybridized carbons (Fsp3) is 0.278. The van der Waals surface area contributed by atoms with Gasteiger partial charge in [0.2, 0.25) is 10.0 Å². The Kier molecular flexibility index (Phi) is 6.09. The lowest BCUT2D eigenvalue weighted by atomic mass is 10.1. The number of amides is 1. The number of nitrogens with one attached hydrogen (secondary N) is 2. The van der Waals surface area contributed by atoms with E-state index in [0.29, 0.717) is 0 Å². The molecule has 0 fully saturated rings. The van der Waals surface area contributed by atoms with E-state index in [1.807, 2.05) is 13.8 Å². The predicted octanol–water partition coefficient (Wildman–Crippen LogP) is 3.54. The van der Waals surface area contributed by atoms with Crippen molar-refractivity contribution in [2.45, 2.75) is 31.7 Å². The second kappa shape index (κ2) is 7.92. The van der Waals surface area contributed by atoms with Crippen LogP contribution < -0.4 is 10.0 Å². The predicted molar refractivity (Wildman–Crippen MR) is 95.4 cm³/mol. The average Bonchev–Trinajstić information content (AvgIpc) is 2.58. The van der Waals surface area contributed by atoms with Gasteiger partial charge in [0.25, 0.3) is 5.91 Å². The Morgan fingerprint density at radius 2 is 1.69 bits per heavy atom. The topological polar surface area (TPSA) is 75.3 Å². The Hall–Kier alpha value is -2.32. The Labute approximate surface area is 151 Å². The number of benzene rings is 2. The third-order valence-corrected chi connectivity index (χ3v) is 5.48. The van der Waals surface area contributed by atoms with Crippen molar-refractivity contribution in [1.82, 2.24) is 4.72 Å². The van der Waals surface area contributed by atoms with Gasteiger partial charge in [0, 0.05) is 23.4 Å². The van der Waals surface area contributed by atoms with Crippen LogP contribution in [0.2, 0.25) is 0 Å². The number of anilines is 1. The maximum atomic E-state index is 13.2. The minimum atomic E-state index is -3.79. The van der Waals surface area contributed by atoms with Crippen molar-refractivity contribution in [3.8, 4) is 0 Å². The molecule has 0 unspecified atom stereocenters. The third-order valence-electron chi connectivity index (χ3n) is 3.93. The molecule has 8 heteroatoms. The Bertz CT molecular complexity index is 914. The van der Waals surface area contributed by atoms with Crippen molar-refractivity contribution in [2.24, 2.45) is 5.92 Å². The standard InChI is InChI=1S/C18H20F2N2O3S/c1-11(2)12(3)22-26(24,25)15-6-4-5-13(9-15)18(23)21-14-7-8-16(19)17(20)10-14/h4-12,22H,1-3H3,(H,21,23)/t12-/m1/s1. The van der Waals surface area contributed by atoms with Gasteiger partial charge in [-0.15, -0.1) is 0 Å². The molecule has 0 radical (unpaired) electrons. The van der Waals surface area contributed by atoms with Gasteiger partial charge in [-0.25, -0.2) is 21.9 Å². The van der Waals surface area contributed by atoms with Gasteiger partial charge in [-0.05, 0) is 43.2 Å². The number of sulfonamides is 1. The van der Waals surface area contributed by atoms with Crippen LogP contribution in [0.15, 0.2) is 47.4 Å². The van der Waals surface area contributed by atoms with Crippen molar-refractivity contribution >= 4 is 21.6 Å². The van der Waals surface area contributed by atoms with E-state index in [-0.39, 0.29) is 28.1 Å². The SMILES string of the molecule is CC(C)[C@@H](C)NS(=O)(=O)c1cccc(C(=O)Nc2ccc(F)c(F)c2)c1. The molecule has 0 aliphatic carbocycles. The molecule has 2 N–H and O–H groups in total. The van der Waals surface area contributed by atoms with Crippen LogP contribution in [0, 0.1) is 17.6 Å². The lowest BCUT2D eigenvalue weighted by molar-refractivity contribution is 0.102. The van der Waals surface area contributed by atoms with Gasteiger partial charge in [-0.1, -0.05) is 19.9 Å². The minimum Gasteiger partial charge on any atom is -0.322 e. The van der Waals surface area contributed by atoms with E-state index in [9.17, 15) is 22.0 Å². The van der Waals surface area contributed by atoms with Gasteiger partial charge in [0.05, 0.1) is 4.90 Å². The van der Waals surface area contributed by atoms with E-state index in [2.05, 4.69) is 10.0 Å². The molecule has 1 amide bonds. The molecule has 140 valence electrons. The zero-order chi connectivity index (χ0) is 19.5. The summed E-state index contributed by atoms with van der Waals surface area (Å²) in [6, 6.07) is 8.15. The van der Waals surface area contributed by atoms with E-state index in [1.165, 1.54) is 30.3 Å². The molecule has 0 aromatic heterocycles. The van der Waals surface area contributed by atoms with Crippen molar-refractivity contribution in [3.05, 3.63) is 59.7 Å². The molecule has 2 rings (SSSR count). The summed E-state index contributed by atoms with van der Waals surface area (Å²) in [6.07, 6.45) is 0. The molecule has 0 saturated heterocycles. The lowest BCUT2D eigenvalue weighted by Crippen LogP contribution is -2.36. The molecule has 0 aliphatic heterocycles. The van der Waals surface area contributed by atoms with Crippen molar-refractivity contribution in [1.29, 1.82) is 0 Å². The Balaban J connectivity index is 2.22. The number of carbonyl (C=O) groups is 1. The van der Waals surface area contributed by atoms with Gasteiger partial charge < -0.3 is 5.32 Å². The third kappa shape index (κ3) is 4.86. The summed E-state index contributed by atoms with van der Waals surface area (Å²) in [4.78, 5) is 12.2. The van der Waals surface area contributed by atoms with Gasteiger partial charge in [-0.2, -0.15) is 0 Å². The minimum absolute atomic E-state index is 0.0528. The molecule has 26 heavy (non-hydrogen) atoms. The van der Waals surface area contributed by atoms with Crippen LogP contribution in [-0.2, 0) is 10.0 Å². The molecular formula is C18H20F2N2O3S. The highest BCUT2D eigenvalue weighted by molar-refractivity contribution is 7.89. The first-order valence-electron chi connectivity index (χ1n) is 7.99. The molecule has 2 aromatic rings. The second-order valence-electron chi connectivity index (χ2n) is 6.26. The number of halogens is 2. The summed E-state index contributed by atoms with van der Waals surface area (Å²) in [7, 11) is -3.79. The van der Waals surface area contributed by atoms with E-state index >= 15 is 0 Å². The van der Waals surface area contributed by atoms with Gasteiger partial charge in [-0.3, -0.25) is 4.79 Å². The molecule has 5 nitrogen and oxygen atoms in total. The fourth-order valence-corrected chi connectivity index (χ4v) is 3.47. The zero-order valence-corrected chi connectivity index (χ0v) is 15.4. The quantitative estimate of drug-likeness (QED) is 0.802. The maximum absolute atomic E-state index is 13.2. The van der Waals surface area contributed by atoms with Crippen LogP contribution in [0.4, 0.5) is 14.5 Å². The number of hydrogen-bond donors (Lipinski definition) is 2. The summed E-state index contributed by atoms with van der Waals surface area (Å²) in [5.74, 6) is -2.65. The highest BCUT2D eigenvalue weighted by Crippen LogP contribution is 2.17. The fourth-order valence-electron chi connectivity index (χ4n) is 2.03. The Morgan fingerprint density at radius 1 is 1.00 bits per heavy atom. The van der Waals surface area contributed by atoms with Crippen LogP contribution >= 0.6 is 0 Å². The van der Waals surface area contributed by atoms with Crippen molar-refractivity contribution in [2.75, 3.05) is 5.32 Å². The number of rotatable bonds is 6. The largest absolute Gasteiger partial charge is 0.322 e. The normalized spacial score (nSPS) is 12.8. The molecule has 1 atom stereocenters. The first-order chi connectivity index (χ1) is 12.1. The molecule has 0 bridgehead atoms. The highest BCUT2D eigenvalue weighted by Gasteiger charge is 2.20. The van der Waals surface area contributed by atoms with Gasteiger partial charge in [0.15, 0.2) is 11.6 Å². The summed E-state index contributed by atoms with van der Waals surface area (Å²) >= 11 is 0. The molecule has 2 aromatic carbocycles. The zero-order valence-electron chi connectivity index (χ0n) is 14.6. The van der Waals surface area contributed by atoms with E-state index in [0.717, 1.165) is 12.1 Å². The van der Waals surface area contributed by atoms with Crippen LogP contribution in [0.1, 0.15) is 31.1 Å². The number of carbonyl (C=O) groups excluding carboxylic acids is 1. The molecule has 0 saturated carbocycles. The molecule has 0 aliphatic rings. The molecule has 0 heterocycles. The van der Waals surface area contributed by atoms with Gasteiger partial charge in [0.1, 0.15) is 0 Å². The summed E-state index contributed by atoms with van der Waals surface area (Å²) < 4.78 is 53.6.